The number of rotatable bonds is 3. The topological polar surface area (TPSA) is 46.2 Å². The molecule has 4 heteroatoms. The molecule has 0 aliphatic heterocycles. The Morgan fingerprint density at radius 2 is 1.53 bits per heavy atom. The van der Waals surface area contributed by atoms with Crippen molar-refractivity contribution in [3.05, 3.63) is 35.4 Å². The molecule has 1 aromatic carbocycles. The second-order valence-electron chi connectivity index (χ2n) is 4.19. The second-order valence-corrected chi connectivity index (χ2v) is 4.19. The molecule has 1 unspecified atom stereocenters. The van der Waals surface area contributed by atoms with Gasteiger partial charge in [-0.05, 0) is 19.4 Å². The third kappa shape index (κ3) is 2.97. The van der Waals surface area contributed by atoms with E-state index in [1.807, 2.05) is 0 Å². The molecule has 1 aromatic rings. The van der Waals surface area contributed by atoms with Crippen LogP contribution >= 0.6 is 0 Å². The van der Waals surface area contributed by atoms with E-state index in [1.165, 1.54) is 24.3 Å². The highest BCUT2D eigenvalue weighted by Crippen LogP contribution is 2.25. The first-order valence-electron chi connectivity index (χ1n) is 4.67. The number of hydrogen-bond donors (Lipinski definition) is 2. The first-order chi connectivity index (χ1) is 6.82. The van der Waals surface area contributed by atoms with Crippen LogP contribution in [0.4, 0.5) is 8.78 Å². The molecule has 0 heterocycles. The van der Waals surface area contributed by atoms with Crippen molar-refractivity contribution in [2.24, 2.45) is 5.73 Å². The van der Waals surface area contributed by atoms with E-state index in [4.69, 9.17) is 5.73 Å². The predicted octanol–water partition coefficient (Wildman–Crippen LogP) is 2.39. The molecular formula is C11H15F2NO. The number of alkyl halides is 2. The summed E-state index contributed by atoms with van der Waals surface area (Å²) >= 11 is 0. The van der Waals surface area contributed by atoms with Crippen LogP contribution in [-0.4, -0.2) is 10.6 Å². The first kappa shape index (κ1) is 12.1. The average molecular weight is 215 g/mol. The van der Waals surface area contributed by atoms with Crippen molar-refractivity contribution < 1.29 is 13.9 Å². The first-order valence-corrected chi connectivity index (χ1v) is 4.67. The van der Waals surface area contributed by atoms with Crippen molar-refractivity contribution >= 4 is 0 Å². The SMILES string of the molecule is CC(C)(N)C(O)c1ccc(C(F)F)cc1. The molecule has 0 aliphatic carbocycles. The lowest BCUT2D eigenvalue weighted by Crippen LogP contribution is -2.39. The maximum atomic E-state index is 12.2. The Kier molecular flexibility index (Phi) is 3.42. The summed E-state index contributed by atoms with van der Waals surface area (Å²) < 4.78 is 24.5. The van der Waals surface area contributed by atoms with Gasteiger partial charge in [0.2, 0.25) is 0 Å². The molecule has 15 heavy (non-hydrogen) atoms. The van der Waals surface area contributed by atoms with E-state index in [0.29, 0.717) is 5.56 Å². The molecule has 0 fully saturated rings. The van der Waals surface area contributed by atoms with Crippen molar-refractivity contribution in [2.75, 3.05) is 0 Å². The Bertz CT molecular complexity index is 316. The van der Waals surface area contributed by atoms with Gasteiger partial charge in [0, 0.05) is 11.1 Å². The average Bonchev–Trinajstić information content (AvgIpc) is 2.15. The highest BCUT2D eigenvalue weighted by atomic mass is 19.3. The molecule has 0 saturated carbocycles. The van der Waals surface area contributed by atoms with Gasteiger partial charge in [-0.15, -0.1) is 0 Å². The quantitative estimate of drug-likeness (QED) is 0.813. The number of nitrogens with two attached hydrogens (primary N) is 1. The largest absolute Gasteiger partial charge is 0.387 e. The van der Waals surface area contributed by atoms with Gasteiger partial charge in [0.1, 0.15) is 0 Å². The molecular weight excluding hydrogens is 200 g/mol. The number of aliphatic hydroxyl groups excluding tert-OH is 1. The molecule has 0 amide bonds. The van der Waals surface area contributed by atoms with Crippen LogP contribution in [0.25, 0.3) is 0 Å². The Morgan fingerprint density at radius 1 is 1.13 bits per heavy atom. The summed E-state index contributed by atoms with van der Waals surface area (Å²) in [7, 11) is 0. The van der Waals surface area contributed by atoms with Crippen LogP contribution in [0.5, 0.6) is 0 Å². The van der Waals surface area contributed by atoms with Gasteiger partial charge >= 0.3 is 0 Å². The van der Waals surface area contributed by atoms with E-state index in [-0.39, 0.29) is 5.56 Å². The van der Waals surface area contributed by atoms with E-state index in [1.54, 1.807) is 13.8 Å². The fourth-order valence-corrected chi connectivity index (χ4v) is 1.25. The molecule has 3 N–H and O–H groups in total. The van der Waals surface area contributed by atoms with E-state index < -0.39 is 18.1 Å². The molecule has 0 spiro atoms. The molecule has 0 aromatic heterocycles. The van der Waals surface area contributed by atoms with E-state index in [0.717, 1.165) is 0 Å². The molecule has 1 atom stereocenters. The van der Waals surface area contributed by atoms with Gasteiger partial charge in [0.05, 0.1) is 6.10 Å². The summed E-state index contributed by atoms with van der Waals surface area (Å²) in [5, 5.41) is 9.77. The zero-order valence-corrected chi connectivity index (χ0v) is 8.74. The van der Waals surface area contributed by atoms with Gasteiger partial charge in [-0.1, -0.05) is 24.3 Å². The van der Waals surface area contributed by atoms with Crippen molar-refractivity contribution in [3.63, 3.8) is 0 Å². The van der Waals surface area contributed by atoms with Gasteiger partial charge in [-0.3, -0.25) is 0 Å². The molecule has 1 rings (SSSR count). The van der Waals surface area contributed by atoms with Gasteiger partial charge in [0.15, 0.2) is 0 Å². The van der Waals surface area contributed by atoms with Gasteiger partial charge < -0.3 is 10.8 Å². The van der Waals surface area contributed by atoms with Crippen molar-refractivity contribution in [3.8, 4) is 0 Å². The van der Waals surface area contributed by atoms with Crippen LogP contribution in [0.15, 0.2) is 24.3 Å². The maximum Gasteiger partial charge on any atom is 0.263 e. The van der Waals surface area contributed by atoms with Crippen molar-refractivity contribution in [2.45, 2.75) is 31.9 Å². The summed E-state index contributed by atoms with van der Waals surface area (Å²) in [5.41, 5.74) is 5.42. The number of benzene rings is 1. The second kappa shape index (κ2) is 4.24. The van der Waals surface area contributed by atoms with Crippen LogP contribution in [0.1, 0.15) is 37.5 Å². The zero-order chi connectivity index (χ0) is 11.6. The van der Waals surface area contributed by atoms with Gasteiger partial charge in [0.25, 0.3) is 6.43 Å². The predicted molar refractivity (Wildman–Crippen MR) is 54.6 cm³/mol. The molecule has 84 valence electrons. The van der Waals surface area contributed by atoms with Gasteiger partial charge in [-0.25, -0.2) is 8.78 Å². The molecule has 0 radical (unpaired) electrons. The molecule has 0 aliphatic rings. The third-order valence-corrected chi connectivity index (χ3v) is 2.21. The van der Waals surface area contributed by atoms with E-state index in [2.05, 4.69) is 0 Å². The Balaban J connectivity index is 2.89. The maximum absolute atomic E-state index is 12.2. The fourth-order valence-electron chi connectivity index (χ4n) is 1.25. The van der Waals surface area contributed by atoms with Crippen LogP contribution in [0.3, 0.4) is 0 Å². The fraction of sp³-hybridized carbons (Fsp3) is 0.455. The lowest BCUT2D eigenvalue weighted by atomic mass is 9.92. The number of halogens is 2. The normalized spacial score (nSPS) is 14.3. The Morgan fingerprint density at radius 3 is 1.87 bits per heavy atom. The zero-order valence-electron chi connectivity index (χ0n) is 8.74. The number of aliphatic hydroxyl groups is 1. The van der Waals surface area contributed by atoms with Crippen LogP contribution < -0.4 is 5.73 Å². The number of hydrogen-bond acceptors (Lipinski definition) is 2. The minimum atomic E-state index is -2.48. The van der Waals surface area contributed by atoms with Crippen molar-refractivity contribution in [1.82, 2.24) is 0 Å². The van der Waals surface area contributed by atoms with Crippen LogP contribution in [0.2, 0.25) is 0 Å². The Labute approximate surface area is 87.7 Å². The monoisotopic (exact) mass is 215 g/mol. The minimum absolute atomic E-state index is 0.0548. The van der Waals surface area contributed by atoms with Crippen LogP contribution in [-0.2, 0) is 0 Å². The summed E-state index contributed by atoms with van der Waals surface area (Å²) in [6.07, 6.45) is -3.34. The van der Waals surface area contributed by atoms with E-state index >= 15 is 0 Å². The summed E-state index contributed by atoms with van der Waals surface area (Å²) in [6.45, 7) is 3.36. The lowest BCUT2D eigenvalue weighted by Gasteiger charge is -2.26. The summed E-state index contributed by atoms with van der Waals surface area (Å²) in [4.78, 5) is 0. The van der Waals surface area contributed by atoms with Gasteiger partial charge in [-0.2, -0.15) is 0 Å². The molecule has 2 nitrogen and oxygen atoms in total. The third-order valence-electron chi connectivity index (χ3n) is 2.21. The standard InChI is InChI=1S/C11H15F2NO/c1-11(2,14)9(15)7-3-5-8(6-4-7)10(12)13/h3-6,9-10,15H,14H2,1-2H3. The minimum Gasteiger partial charge on any atom is -0.387 e. The molecule has 0 bridgehead atoms. The molecule has 0 saturated heterocycles. The highest BCUT2D eigenvalue weighted by molar-refractivity contribution is 5.26. The Hall–Kier alpha value is -1.00. The lowest BCUT2D eigenvalue weighted by molar-refractivity contribution is 0.104. The van der Waals surface area contributed by atoms with Crippen molar-refractivity contribution in [1.29, 1.82) is 0 Å². The van der Waals surface area contributed by atoms with Crippen LogP contribution in [0, 0.1) is 0 Å². The van der Waals surface area contributed by atoms with E-state index in [9.17, 15) is 13.9 Å². The smallest absolute Gasteiger partial charge is 0.263 e. The highest BCUT2D eigenvalue weighted by Gasteiger charge is 2.24. The summed E-state index contributed by atoms with van der Waals surface area (Å²) in [5.74, 6) is 0. The summed E-state index contributed by atoms with van der Waals surface area (Å²) in [6, 6.07) is 5.55.